The van der Waals surface area contributed by atoms with E-state index < -0.39 is 23.3 Å². The van der Waals surface area contributed by atoms with E-state index in [-0.39, 0.29) is 30.3 Å². The maximum Gasteiger partial charge on any atom is 0.249 e. The van der Waals surface area contributed by atoms with Gasteiger partial charge in [0.15, 0.2) is 5.78 Å². The van der Waals surface area contributed by atoms with Crippen LogP contribution in [0.1, 0.15) is 75.2 Å². The number of anilines is 1. The van der Waals surface area contributed by atoms with Crippen molar-refractivity contribution in [3.63, 3.8) is 0 Å². The Morgan fingerprint density at radius 3 is 2.45 bits per heavy atom. The van der Waals surface area contributed by atoms with Crippen molar-refractivity contribution in [1.29, 1.82) is 0 Å². The molecule has 4 atom stereocenters. The van der Waals surface area contributed by atoms with Gasteiger partial charge in [0.25, 0.3) is 0 Å². The van der Waals surface area contributed by atoms with Gasteiger partial charge in [0.1, 0.15) is 12.6 Å². The Morgan fingerprint density at radius 2 is 1.84 bits per heavy atom. The average Bonchev–Trinajstić information content (AvgIpc) is 3.57. The summed E-state index contributed by atoms with van der Waals surface area (Å²) >= 11 is 0. The maximum absolute atomic E-state index is 14.6. The fourth-order valence-electron chi connectivity index (χ4n) is 6.87. The highest BCUT2D eigenvalue weighted by Crippen LogP contribution is 2.49. The Kier molecular flexibility index (Phi) is 7.57. The van der Waals surface area contributed by atoms with Crippen LogP contribution in [0.25, 0.3) is 0 Å². The lowest BCUT2D eigenvalue weighted by molar-refractivity contribution is -0.140. The van der Waals surface area contributed by atoms with Gasteiger partial charge >= 0.3 is 0 Å². The van der Waals surface area contributed by atoms with Crippen LogP contribution in [0.5, 0.6) is 0 Å². The number of carbonyl (C=O) groups is 3. The van der Waals surface area contributed by atoms with Gasteiger partial charge in [-0.2, -0.15) is 0 Å². The van der Waals surface area contributed by atoms with E-state index in [1.165, 1.54) is 0 Å². The summed E-state index contributed by atoms with van der Waals surface area (Å²) in [5.74, 6) is -0.473. The molecule has 1 aromatic carbocycles. The third-order valence-corrected chi connectivity index (χ3v) is 9.56. The summed E-state index contributed by atoms with van der Waals surface area (Å²) in [4.78, 5) is 46.8. The number of ether oxygens (including phenoxy) is 1. The van der Waals surface area contributed by atoms with E-state index in [9.17, 15) is 14.4 Å². The van der Waals surface area contributed by atoms with Gasteiger partial charge in [-0.1, -0.05) is 27.7 Å². The summed E-state index contributed by atoms with van der Waals surface area (Å²) in [5, 5.41) is 0. The molecule has 8 nitrogen and oxygen atoms in total. The monoisotopic (exact) mass is 524 g/mol. The van der Waals surface area contributed by atoms with Crippen molar-refractivity contribution in [2.75, 3.05) is 50.8 Å². The standard InChI is InChI=1S/C30H44N4O4/c1-5-11-32-12-14-33(15-13-32)20-9-10-21(28(31)36)22(16-20)25(30(3,4)6-2)29(37)34-17-23(19-7-8-19)27-26(34)24(35)18-38-27/h9-10,16,19,23,25-27H,5-8,11-15,17-18H2,1-4H3,(H2,31,36)/t23-,25-,26+,27+/m0/s1. The normalized spacial score (nSPS) is 27.1. The number of likely N-dealkylation sites (tertiary alicyclic amines) is 1. The van der Waals surface area contributed by atoms with E-state index in [0.29, 0.717) is 23.6 Å². The summed E-state index contributed by atoms with van der Waals surface area (Å²) in [5.41, 5.74) is 7.53. The predicted molar refractivity (Wildman–Crippen MR) is 147 cm³/mol. The zero-order chi connectivity index (χ0) is 27.2. The van der Waals surface area contributed by atoms with Crippen molar-refractivity contribution < 1.29 is 19.1 Å². The highest BCUT2D eigenvalue weighted by molar-refractivity contribution is 5.99. The molecule has 1 aromatic rings. The van der Waals surface area contributed by atoms with Crippen LogP contribution in [0.2, 0.25) is 0 Å². The summed E-state index contributed by atoms with van der Waals surface area (Å²) < 4.78 is 5.94. The van der Waals surface area contributed by atoms with Crippen LogP contribution >= 0.6 is 0 Å². The highest BCUT2D eigenvalue weighted by Gasteiger charge is 2.57. The fourth-order valence-corrected chi connectivity index (χ4v) is 6.87. The van der Waals surface area contributed by atoms with Crippen LogP contribution in [0.3, 0.4) is 0 Å². The Morgan fingerprint density at radius 1 is 1.13 bits per heavy atom. The second-order valence-corrected chi connectivity index (χ2v) is 12.4. The lowest BCUT2D eigenvalue weighted by atomic mass is 9.71. The molecule has 2 N–H and O–H groups in total. The lowest BCUT2D eigenvalue weighted by Crippen LogP contribution is -2.48. The number of hydrogen-bond acceptors (Lipinski definition) is 6. The molecule has 38 heavy (non-hydrogen) atoms. The molecular formula is C30H44N4O4. The molecule has 0 radical (unpaired) electrons. The first-order valence-corrected chi connectivity index (χ1v) is 14.5. The summed E-state index contributed by atoms with van der Waals surface area (Å²) in [6.07, 6.45) is 3.94. The van der Waals surface area contributed by atoms with Gasteiger partial charge in [0.2, 0.25) is 11.8 Å². The van der Waals surface area contributed by atoms with Gasteiger partial charge in [-0.05, 0) is 67.3 Å². The molecular weight excluding hydrogens is 480 g/mol. The van der Waals surface area contributed by atoms with Crippen molar-refractivity contribution in [2.24, 2.45) is 23.0 Å². The number of primary amides is 1. The SMILES string of the molecule is CCCN1CCN(c2ccc(C(N)=O)c([C@@H](C(=O)N3C[C@@H](C4CC4)[C@H]4OCC(=O)[C@H]43)C(C)(C)CC)c2)CC1. The van der Waals surface area contributed by atoms with Crippen molar-refractivity contribution >= 4 is 23.3 Å². The number of carbonyl (C=O) groups excluding carboxylic acids is 3. The predicted octanol–water partition coefficient (Wildman–Crippen LogP) is 3.04. The maximum atomic E-state index is 14.6. The molecule has 0 aromatic heterocycles. The average molecular weight is 525 g/mol. The Hall–Kier alpha value is -2.45. The molecule has 208 valence electrons. The highest BCUT2D eigenvalue weighted by atomic mass is 16.5. The zero-order valence-corrected chi connectivity index (χ0v) is 23.4. The number of rotatable bonds is 9. The first kappa shape index (κ1) is 27.1. The van der Waals surface area contributed by atoms with Crippen LogP contribution in [-0.2, 0) is 14.3 Å². The Labute approximate surface area is 226 Å². The summed E-state index contributed by atoms with van der Waals surface area (Å²) in [6.45, 7) is 13.9. The first-order valence-electron chi connectivity index (χ1n) is 14.5. The third kappa shape index (κ3) is 4.97. The van der Waals surface area contributed by atoms with Gasteiger partial charge in [0, 0.05) is 49.9 Å². The molecule has 2 amide bonds. The number of nitrogens with zero attached hydrogens (tertiary/aromatic N) is 3. The molecule has 3 heterocycles. The number of piperazine rings is 1. The number of nitrogens with two attached hydrogens (primary N) is 1. The van der Waals surface area contributed by atoms with Crippen LogP contribution in [0.4, 0.5) is 5.69 Å². The summed E-state index contributed by atoms with van der Waals surface area (Å²) in [6, 6.07) is 5.26. The lowest BCUT2D eigenvalue weighted by Gasteiger charge is -2.39. The van der Waals surface area contributed by atoms with Gasteiger partial charge < -0.3 is 20.3 Å². The molecule has 0 unspecified atom stereocenters. The second kappa shape index (κ2) is 10.6. The number of amides is 2. The van der Waals surface area contributed by atoms with E-state index >= 15 is 0 Å². The van der Waals surface area contributed by atoms with Gasteiger partial charge in [-0.25, -0.2) is 0 Å². The smallest absolute Gasteiger partial charge is 0.249 e. The van der Waals surface area contributed by atoms with Crippen molar-refractivity contribution in [3.05, 3.63) is 29.3 Å². The van der Waals surface area contributed by atoms with Crippen molar-refractivity contribution in [2.45, 2.75) is 71.4 Å². The van der Waals surface area contributed by atoms with Crippen molar-refractivity contribution in [1.82, 2.24) is 9.80 Å². The minimum absolute atomic E-state index is 0.00613. The second-order valence-electron chi connectivity index (χ2n) is 12.4. The molecule has 0 bridgehead atoms. The van der Waals surface area contributed by atoms with E-state index in [1.807, 2.05) is 12.1 Å². The molecule has 8 heteroatoms. The van der Waals surface area contributed by atoms with Gasteiger partial charge in [-0.3, -0.25) is 19.3 Å². The Balaban J connectivity index is 1.51. The third-order valence-electron chi connectivity index (χ3n) is 9.56. The number of fused-ring (bicyclic) bond motifs is 1. The number of hydrogen-bond donors (Lipinski definition) is 1. The fraction of sp³-hybridized carbons (Fsp3) is 0.700. The van der Waals surface area contributed by atoms with E-state index in [0.717, 1.165) is 64.1 Å². The zero-order valence-electron chi connectivity index (χ0n) is 23.4. The van der Waals surface area contributed by atoms with Crippen LogP contribution < -0.4 is 10.6 Å². The van der Waals surface area contributed by atoms with Gasteiger partial charge in [-0.15, -0.1) is 0 Å². The molecule has 3 saturated heterocycles. The van der Waals surface area contributed by atoms with Crippen LogP contribution in [0.15, 0.2) is 18.2 Å². The van der Waals surface area contributed by atoms with E-state index in [1.54, 1.807) is 11.0 Å². The van der Waals surface area contributed by atoms with E-state index in [2.05, 4.69) is 37.5 Å². The minimum Gasteiger partial charge on any atom is -0.369 e. The molecule has 1 saturated carbocycles. The first-order chi connectivity index (χ1) is 18.2. The largest absolute Gasteiger partial charge is 0.369 e. The molecule has 4 aliphatic rings. The van der Waals surface area contributed by atoms with Crippen molar-refractivity contribution in [3.8, 4) is 0 Å². The topological polar surface area (TPSA) is 96.2 Å². The number of benzene rings is 1. The quantitative estimate of drug-likeness (QED) is 0.534. The molecule has 0 spiro atoms. The number of Topliss-reactive ketones (excluding diaryl/α,β-unsaturated/α-hetero) is 1. The van der Waals surface area contributed by atoms with E-state index in [4.69, 9.17) is 10.5 Å². The molecule has 4 fully saturated rings. The Bertz CT molecular complexity index is 1080. The molecule has 3 aliphatic heterocycles. The molecule has 1 aliphatic carbocycles. The minimum atomic E-state index is -0.594. The molecule has 5 rings (SSSR count). The van der Waals surface area contributed by atoms with Crippen LogP contribution in [-0.4, -0.2) is 85.4 Å². The summed E-state index contributed by atoms with van der Waals surface area (Å²) in [7, 11) is 0. The number of ketones is 1. The van der Waals surface area contributed by atoms with Crippen LogP contribution in [0, 0.1) is 17.3 Å². The van der Waals surface area contributed by atoms with Gasteiger partial charge in [0.05, 0.1) is 12.0 Å².